The van der Waals surface area contributed by atoms with Crippen LogP contribution in [-0.4, -0.2) is 35.4 Å². The highest BCUT2D eigenvalue weighted by Crippen LogP contribution is 2.26. The zero-order valence-corrected chi connectivity index (χ0v) is 19.7. The summed E-state index contributed by atoms with van der Waals surface area (Å²) < 4.78 is 6.62. The van der Waals surface area contributed by atoms with Gasteiger partial charge in [0.05, 0.1) is 4.47 Å². The van der Waals surface area contributed by atoms with E-state index in [9.17, 15) is 9.59 Å². The van der Waals surface area contributed by atoms with Crippen LogP contribution in [0.25, 0.3) is 0 Å². The number of hydrogen-bond acceptors (Lipinski definition) is 3. The average Bonchev–Trinajstić information content (AvgIpc) is 2.72. The van der Waals surface area contributed by atoms with Crippen LogP contribution < -0.4 is 10.1 Å². The van der Waals surface area contributed by atoms with E-state index >= 15 is 0 Å². The molecule has 2 amide bonds. The van der Waals surface area contributed by atoms with Crippen molar-refractivity contribution < 1.29 is 14.3 Å². The summed E-state index contributed by atoms with van der Waals surface area (Å²) in [5.74, 6) is 0.237. The number of aryl methyl sites for hydroxylation is 1. The van der Waals surface area contributed by atoms with Gasteiger partial charge in [0, 0.05) is 12.6 Å². The lowest BCUT2D eigenvalue weighted by Gasteiger charge is -2.31. The van der Waals surface area contributed by atoms with E-state index in [1.165, 1.54) is 5.56 Å². The van der Waals surface area contributed by atoms with Crippen LogP contribution in [0.4, 0.5) is 0 Å². The summed E-state index contributed by atoms with van der Waals surface area (Å²) in [7, 11) is 0. The molecule has 6 heteroatoms. The predicted octanol–water partition coefficient (Wildman–Crippen LogP) is 4.72. The molecule has 0 heterocycles. The van der Waals surface area contributed by atoms with Crippen molar-refractivity contribution in [3.8, 4) is 5.75 Å². The highest BCUT2D eigenvalue weighted by Gasteiger charge is 2.29. The summed E-state index contributed by atoms with van der Waals surface area (Å²) in [4.78, 5) is 27.5. The second-order valence-corrected chi connectivity index (χ2v) is 8.36. The first-order valence-electron chi connectivity index (χ1n) is 10.4. The number of nitrogens with one attached hydrogen (secondary N) is 1. The molecule has 0 spiro atoms. The van der Waals surface area contributed by atoms with Crippen molar-refractivity contribution in [1.82, 2.24) is 10.2 Å². The Morgan fingerprint density at radius 2 is 1.77 bits per heavy atom. The van der Waals surface area contributed by atoms with Crippen LogP contribution in [0.5, 0.6) is 5.75 Å². The largest absolute Gasteiger partial charge is 0.483 e. The van der Waals surface area contributed by atoms with Crippen LogP contribution in [0.3, 0.4) is 0 Å². The maximum atomic E-state index is 13.2. The summed E-state index contributed by atoms with van der Waals surface area (Å²) in [5, 5.41) is 2.93. The van der Waals surface area contributed by atoms with Gasteiger partial charge in [0.25, 0.3) is 5.91 Å². The molecule has 5 nitrogen and oxygen atoms in total. The first-order chi connectivity index (χ1) is 14.3. The monoisotopic (exact) mass is 474 g/mol. The number of carbonyl (C=O) groups excluding carboxylic acids is 2. The van der Waals surface area contributed by atoms with Crippen molar-refractivity contribution in [3.05, 3.63) is 64.1 Å². The first-order valence-corrected chi connectivity index (χ1v) is 11.2. The molecule has 0 bridgehead atoms. The third-order valence-electron chi connectivity index (χ3n) is 4.77. The lowest BCUT2D eigenvalue weighted by Crippen LogP contribution is -2.51. The van der Waals surface area contributed by atoms with Gasteiger partial charge >= 0.3 is 0 Å². The minimum absolute atomic E-state index is 0.00418. The third-order valence-corrected chi connectivity index (χ3v) is 5.39. The van der Waals surface area contributed by atoms with Crippen molar-refractivity contribution in [2.45, 2.75) is 59.2 Å². The van der Waals surface area contributed by atoms with Gasteiger partial charge in [0.2, 0.25) is 5.91 Å². The van der Waals surface area contributed by atoms with Gasteiger partial charge in [0.1, 0.15) is 11.8 Å². The number of amides is 2. The van der Waals surface area contributed by atoms with Crippen molar-refractivity contribution in [3.63, 3.8) is 0 Å². The molecule has 30 heavy (non-hydrogen) atoms. The molecule has 1 atom stereocenters. The summed E-state index contributed by atoms with van der Waals surface area (Å²) in [6, 6.07) is 15.0. The number of halogens is 1. The number of ether oxygens (including phenoxy) is 1. The average molecular weight is 475 g/mol. The van der Waals surface area contributed by atoms with E-state index in [0.717, 1.165) is 16.5 Å². The van der Waals surface area contributed by atoms with E-state index in [2.05, 4.69) is 28.2 Å². The van der Waals surface area contributed by atoms with E-state index in [0.29, 0.717) is 18.7 Å². The molecule has 0 aliphatic rings. The normalized spacial score (nSPS) is 11.8. The van der Waals surface area contributed by atoms with Crippen LogP contribution in [0, 0.1) is 0 Å². The number of carbonyl (C=O) groups is 2. The molecule has 2 rings (SSSR count). The smallest absolute Gasteiger partial charge is 0.261 e. The Bertz CT molecular complexity index is 840. The second-order valence-electron chi connectivity index (χ2n) is 7.50. The van der Waals surface area contributed by atoms with Crippen molar-refractivity contribution in [2.75, 3.05) is 6.61 Å². The van der Waals surface area contributed by atoms with Gasteiger partial charge in [-0.25, -0.2) is 0 Å². The Labute approximate surface area is 187 Å². The Morgan fingerprint density at radius 1 is 1.07 bits per heavy atom. The van der Waals surface area contributed by atoms with Crippen LogP contribution in [0.1, 0.15) is 45.2 Å². The van der Waals surface area contributed by atoms with Gasteiger partial charge in [-0.15, -0.1) is 0 Å². The van der Waals surface area contributed by atoms with Gasteiger partial charge in [-0.05, 0) is 65.9 Å². The minimum Gasteiger partial charge on any atom is -0.483 e. The number of hydrogen-bond donors (Lipinski definition) is 1. The summed E-state index contributed by atoms with van der Waals surface area (Å²) in [5.41, 5.74) is 2.15. The Balaban J connectivity index is 2.19. The number of benzene rings is 2. The van der Waals surface area contributed by atoms with Gasteiger partial charge in [0.15, 0.2) is 6.61 Å². The molecule has 162 valence electrons. The van der Waals surface area contributed by atoms with Crippen molar-refractivity contribution >= 4 is 27.7 Å². The molecule has 0 fully saturated rings. The maximum absolute atomic E-state index is 13.2. The van der Waals surface area contributed by atoms with Gasteiger partial charge in [-0.3, -0.25) is 9.59 Å². The van der Waals surface area contributed by atoms with E-state index in [4.69, 9.17) is 4.74 Å². The van der Waals surface area contributed by atoms with E-state index in [-0.39, 0.29) is 24.5 Å². The molecule has 0 saturated heterocycles. The molecule has 0 aliphatic heterocycles. The molecule has 0 aliphatic carbocycles. The topological polar surface area (TPSA) is 58.6 Å². The Kier molecular flexibility index (Phi) is 9.37. The first kappa shape index (κ1) is 23.9. The molecule has 0 radical (unpaired) electrons. The highest BCUT2D eigenvalue weighted by atomic mass is 79.9. The quantitative estimate of drug-likeness (QED) is 0.541. The van der Waals surface area contributed by atoms with E-state index in [1.807, 2.05) is 69.3 Å². The summed E-state index contributed by atoms with van der Waals surface area (Å²) >= 11 is 3.51. The molecule has 2 aromatic carbocycles. The molecule has 1 N–H and O–H groups in total. The molecular weight excluding hydrogens is 444 g/mol. The molecule has 0 unspecified atom stereocenters. The Hall–Kier alpha value is -2.34. The van der Waals surface area contributed by atoms with E-state index < -0.39 is 6.04 Å². The summed E-state index contributed by atoms with van der Waals surface area (Å²) in [6.07, 6.45) is 1.44. The second kappa shape index (κ2) is 11.7. The fourth-order valence-electron chi connectivity index (χ4n) is 3.18. The van der Waals surface area contributed by atoms with Gasteiger partial charge in [-0.1, -0.05) is 50.2 Å². The third kappa shape index (κ3) is 6.87. The van der Waals surface area contributed by atoms with Crippen LogP contribution in [-0.2, 0) is 22.6 Å². The highest BCUT2D eigenvalue weighted by molar-refractivity contribution is 9.10. The van der Waals surface area contributed by atoms with Crippen LogP contribution in [0.15, 0.2) is 53.0 Å². The fourth-order valence-corrected chi connectivity index (χ4v) is 3.72. The van der Waals surface area contributed by atoms with Gasteiger partial charge < -0.3 is 15.0 Å². The standard InChI is InChI=1S/C24H31BrN2O3/c1-5-18-12-13-22(20(25)14-18)30-16-23(28)27(15-19-10-8-7-9-11-19)21(6-2)24(29)26-17(3)4/h7-14,17,21H,5-6,15-16H2,1-4H3,(H,26,29)/t21-/m0/s1. The van der Waals surface area contributed by atoms with E-state index in [1.54, 1.807) is 4.90 Å². The van der Waals surface area contributed by atoms with Crippen molar-refractivity contribution in [2.24, 2.45) is 0 Å². The Morgan fingerprint density at radius 3 is 2.33 bits per heavy atom. The molecule has 2 aromatic rings. The fraction of sp³-hybridized carbons (Fsp3) is 0.417. The lowest BCUT2D eigenvalue weighted by molar-refractivity contribution is -0.143. The SMILES string of the molecule is CCc1ccc(OCC(=O)N(Cc2ccccc2)[C@@H](CC)C(=O)NC(C)C)c(Br)c1. The molecule has 0 aromatic heterocycles. The number of rotatable bonds is 10. The van der Waals surface area contributed by atoms with Crippen LogP contribution in [0.2, 0.25) is 0 Å². The predicted molar refractivity (Wildman–Crippen MR) is 123 cm³/mol. The molecule has 0 saturated carbocycles. The summed E-state index contributed by atoms with van der Waals surface area (Å²) in [6.45, 7) is 8.03. The van der Waals surface area contributed by atoms with Crippen LogP contribution >= 0.6 is 15.9 Å². The maximum Gasteiger partial charge on any atom is 0.261 e. The zero-order chi connectivity index (χ0) is 22.1. The minimum atomic E-state index is -0.561. The lowest BCUT2D eigenvalue weighted by atomic mass is 10.1. The number of nitrogens with zero attached hydrogens (tertiary/aromatic N) is 1. The van der Waals surface area contributed by atoms with Crippen molar-refractivity contribution in [1.29, 1.82) is 0 Å². The zero-order valence-electron chi connectivity index (χ0n) is 18.2. The van der Waals surface area contributed by atoms with Gasteiger partial charge in [-0.2, -0.15) is 0 Å². The molecular formula is C24H31BrN2O3.